The van der Waals surface area contributed by atoms with Crippen molar-refractivity contribution >= 4 is 29.3 Å². The zero-order valence-electron chi connectivity index (χ0n) is 12.8. The molecule has 2 rings (SSSR count). The highest BCUT2D eigenvalue weighted by Crippen LogP contribution is 2.21. The first kappa shape index (κ1) is 16.9. The van der Waals surface area contributed by atoms with Crippen molar-refractivity contribution in [3.8, 4) is 0 Å². The average molecular weight is 334 g/mol. The molecule has 0 atom stereocenters. The minimum absolute atomic E-state index is 0.152. The number of nitrogens with zero attached hydrogens (tertiary/aromatic N) is 1. The second-order valence-corrected chi connectivity index (χ2v) is 6.83. The lowest BCUT2D eigenvalue weighted by molar-refractivity contribution is -0.130. The van der Waals surface area contributed by atoms with Crippen LogP contribution in [0.3, 0.4) is 0 Å². The smallest absolute Gasteiger partial charge is 0.233 e. The molecule has 116 valence electrons. The molecule has 1 amide bonds. The zero-order valence-corrected chi connectivity index (χ0v) is 14.4. The first-order valence-corrected chi connectivity index (χ1v) is 8.64. The van der Waals surface area contributed by atoms with Crippen LogP contribution in [0.25, 0.3) is 0 Å². The van der Waals surface area contributed by atoms with Gasteiger partial charge in [0.2, 0.25) is 5.91 Å². The largest absolute Gasteiger partial charge is 0.335 e. The van der Waals surface area contributed by atoms with Crippen LogP contribution < -0.4 is 0 Å². The van der Waals surface area contributed by atoms with Crippen LogP contribution in [0.15, 0.2) is 59.5 Å². The second kappa shape index (κ2) is 8.25. The minimum Gasteiger partial charge on any atom is -0.335 e. The van der Waals surface area contributed by atoms with E-state index in [1.54, 1.807) is 11.8 Å². The van der Waals surface area contributed by atoms with Gasteiger partial charge in [-0.25, -0.2) is 0 Å². The zero-order chi connectivity index (χ0) is 15.9. The van der Waals surface area contributed by atoms with E-state index in [0.29, 0.717) is 17.3 Å². The third-order valence-electron chi connectivity index (χ3n) is 3.32. The van der Waals surface area contributed by atoms with E-state index in [1.165, 1.54) is 0 Å². The lowest BCUT2D eigenvalue weighted by Gasteiger charge is -2.27. The Balaban J connectivity index is 1.96. The van der Waals surface area contributed by atoms with Gasteiger partial charge in [-0.15, -0.1) is 11.8 Å². The quantitative estimate of drug-likeness (QED) is 0.703. The van der Waals surface area contributed by atoms with Gasteiger partial charge in [-0.3, -0.25) is 4.79 Å². The Morgan fingerprint density at radius 3 is 2.32 bits per heavy atom. The van der Waals surface area contributed by atoms with Crippen molar-refractivity contribution in [1.82, 2.24) is 4.90 Å². The van der Waals surface area contributed by atoms with Gasteiger partial charge in [-0.1, -0.05) is 41.9 Å². The average Bonchev–Trinajstić information content (AvgIpc) is 2.52. The first-order chi connectivity index (χ1) is 10.6. The molecule has 0 aliphatic rings. The lowest BCUT2D eigenvalue weighted by Crippen LogP contribution is -2.37. The molecule has 0 unspecified atom stereocenters. The maximum Gasteiger partial charge on any atom is 0.233 e. The fourth-order valence-electron chi connectivity index (χ4n) is 2.10. The van der Waals surface area contributed by atoms with Gasteiger partial charge >= 0.3 is 0 Å². The van der Waals surface area contributed by atoms with E-state index >= 15 is 0 Å². The normalized spacial score (nSPS) is 10.7. The van der Waals surface area contributed by atoms with Crippen molar-refractivity contribution in [2.75, 3.05) is 5.75 Å². The molecule has 0 saturated carbocycles. The number of hydrogen-bond acceptors (Lipinski definition) is 2. The van der Waals surface area contributed by atoms with Crippen LogP contribution in [-0.4, -0.2) is 22.6 Å². The summed E-state index contributed by atoms with van der Waals surface area (Å²) in [5.41, 5.74) is 1.15. The Labute approximate surface area is 141 Å². The number of carbonyl (C=O) groups excluding carboxylic acids is 1. The number of rotatable bonds is 6. The van der Waals surface area contributed by atoms with Gasteiger partial charge in [0.25, 0.3) is 0 Å². The van der Waals surface area contributed by atoms with Crippen LogP contribution in [0.1, 0.15) is 19.4 Å². The van der Waals surface area contributed by atoms with Crippen molar-refractivity contribution in [3.05, 3.63) is 65.2 Å². The van der Waals surface area contributed by atoms with Crippen LogP contribution in [0.2, 0.25) is 5.02 Å². The number of amides is 1. The molecule has 2 aromatic carbocycles. The summed E-state index contributed by atoms with van der Waals surface area (Å²) in [5, 5.41) is 0.712. The molecule has 0 aliphatic carbocycles. The predicted molar refractivity (Wildman–Crippen MR) is 94.3 cm³/mol. The summed E-state index contributed by atoms with van der Waals surface area (Å²) in [6, 6.07) is 17.8. The van der Waals surface area contributed by atoms with Crippen LogP contribution in [0.5, 0.6) is 0 Å². The van der Waals surface area contributed by atoms with Gasteiger partial charge < -0.3 is 4.90 Å². The molecular formula is C18H20ClNOS. The van der Waals surface area contributed by atoms with Crippen LogP contribution in [-0.2, 0) is 11.3 Å². The molecule has 0 heterocycles. The van der Waals surface area contributed by atoms with Crippen molar-refractivity contribution < 1.29 is 4.79 Å². The second-order valence-electron chi connectivity index (χ2n) is 5.34. The number of halogens is 1. The van der Waals surface area contributed by atoms with E-state index < -0.39 is 0 Å². The Morgan fingerprint density at radius 2 is 1.73 bits per heavy atom. The Hall–Kier alpha value is -1.45. The fourth-order valence-corrected chi connectivity index (χ4v) is 3.01. The molecule has 0 radical (unpaired) electrons. The molecule has 0 spiro atoms. The molecule has 0 saturated heterocycles. The summed E-state index contributed by atoms with van der Waals surface area (Å²) in [5.74, 6) is 0.589. The number of carbonyl (C=O) groups is 1. The van der Waals surface area contributed by atoms with Gasteiger partial charge in [-0.2, -0.15) is 0 Å². The summed E-state index contributed by atoms with van der Waals surface area (Å²) in [7, 11) is 0. The SMILES string of the molecule is CC(C)N(Cc1ccccc1)C(=O)CSc1ccc(Cl)cc1. The van der Waals surface area contributed by atoms with Crippen molar-refractivity contribution in [1.29, 1.82) is 0 Å². The molecule has 2 aromatic rings. The number of hydrogen-bond donors (Lipinski definition) is 0. The molecule has 0 aromatic heterocycles. The van der Waals surface area contributed by atoms with Gasteiger partial charge in [0.15, 0.2) is 0 Å². The molecular weight excluding hydrogens is 314 g/mol. The highest BCUT2D eigenvalue weighted by atomic mass is 35.5. The molecule has 0 fully saturated rings. The Morgan fingerprint density at radius 1 is 1.09 bits per heavy atom. The van der Waals surface area contributed by atoms with E-state index in [0.717, 1.165) is 10.5 Å². The van der Waals surface area contributed by atoms with E-state index in [4.69, 9.17) is 11.6 Å². The van der Waals surface area contributed by atoms with Crippen molar-refractivity contribution in [2.45, 2.75) is 31.3 Å². The summed E-state index contributed by atoms with van der Waals surface area (Å²) < 4.78 is 0. The standard InChI is InChI=1S/C18H20ClNOS/c1-14(2)20(12-15-6-4-3-5-7-15)18(21)13-22-17-10-8-16(19)9-11-17/h3-11,14H,12-13H2,1-2H3. The Bertz CT molecular complexity index is 598. The van der Waals surface area contributed by atoms with Crippen molar-refractivity contribution in [2.24, 2.45) is 0 Å². The predicted octanol–water partition coefficient (Wildman–Crippen LogP) is 4.87. The molecule has 4 heteroatoms. The number of benzene rings is 2. The summed E-state index contributed by atoms with van der Waals surface area (Å²) in [6.45, 7) is 4.75. The molecule has 2 nitrogen and oxygen atoms in total. The molecule has 0 aliphatic heterocycles. The number of thioether (sulfide) groups is 1. The molecule has 0 N–H and O–H groups in total. The van der Waals surface area contributed by atoms with Crippen LogP contribution >= 0.6 is 23.4 Å². The van der Waals surface area contributed by atoms with Crippen LogP contribution in [0, 0.1) is 0 Å². The van der Waals surface area contributed by atoms with Gasteiger partial charge in [0.1, 0.15) is 0 Å². The van der Waals surface area contributed by atoms with Gasteiger partial charge in [0.05, 0.1) is 5.75 Å². The monoisotopic (exact) mass is 333 g/mol. The highest BCUT2D eigenvalue weighted by Gasteiger charge is 2.17. The summed E-state index contributed by atoms with van der Waals surface area (Å²) >= 11 is 7.42. The van der Waals surface area contributed by atoms with Gasteiger partial charge in [0, 0.05) is 22.5 Å². The summed E-state index contributed by atoms with van der Waals surface area (Å²) in [6.07, 6.45) is 0. The van der Waals surface area contributed by atoms with E-state index in [2.05, 4.69) is 12.1 Å². The van der Waals surface area contributed by atoms with E-state index in [1.807, 2.05) is 61.2 Å². The Kier molecular flexibility index (Phi) is 6.34. The maximum atomic E-state index is 12.5. The van der Waals surface area contributed by atoms with Crippen molar-refractivity contribution in [3.63, 3.8) is 0 Å². The summed E-state index contributed by atoms with van der Waals surface area (Å²) in [4.78, 5) is 15.5. The molecule has 22 heavy (non-hydrogen) atoms. The maximum absolute atomic E-state index is 12.5. The first-order valence-electron chi connectivity index (χ1n) is 7.28. The fraction of sp³-hybridized carbons (Fsp3) is 0.278. The third kappa shape index (κ3) is 5.08. The molecule has 0 bridgehead atoms. The third-order valence-corrected chi connectivity index (χ3v) is 4.56. The topological polar surface area (TPSA) is 20.3 Å². The minimum atomic E-state index is 0.152. The highest BCUT2D eigenvalue weighted by molar-refractivity contribution is 8.00. The van der Waals surface area contributed by atoms with Crippen LogP contribution in [0.4, 0.5) is 0 Å². The lowest BCUT2D eigenvalue weighted by atomic mass is 10.2. The van der Waals surface area contributed by atoms with E-state index in [-0.39, 0.29) is 11.9 Å². The van der Waals surface area contributed by atoms with E-state index in [9.17, 15) is 4.79 Å². The van der Waals surface area contributed by atoms with Gasteiger partial charge in [-0.05, 0) is 43.7 Å².